The first-order chi connectivity index (χ1) is 10.8. The van der Waals surface area contributed by atoms with Crippen molar-refractivity contribution in [2.24, 2.45) is 11.1 Å². The highest BCUT2D eigenvalue weighted by molar-refractivity contribution is 6.00. The molecule has 1 heterocycles. The van der Waals surface area contributed by atoms with Gasteiger partial charge in [-0.3, -0.25) is 4.79 Å². The number of allylic oxidation sites excluding steroid dienone is 3. The Morgan fingerprint density at radius 2 is 2.13 bits per heavy atom. The molecule has 1 atom stereocenters. The molecule has 1 aromatic rings. The van der Waals surface area contributed by atoms with Gasteiger partial charge in [0.15, 0.2) is 5.78 Å². The number of phenols is 1. The van der Waals surface area contributed by atoms with Gasteiger partial charge in [-0.05, 0) is 23.1 Å². The number of hydrogen-bond acceptors (Lipinski definition) is 5. The van der Waals surface area contributed by atoms with Crippen LogP contribution in [0.3, 0.4) is 0 Å². The molecule has 118 valence electrons. The van der Waals surface area contributed by atoms with E-state index >= 15 is 0 Å². The average molecular weight is 310 g/mol. The lowest BCUT2D eigenvalue weighted by Crippen LogP contribution is -2.33. The molecular weight excluding hydrogens is 292 g/mol. The van der Waals surface area contributed by atoms with E-state index in [1.165, 1.54) is 0 Å². The highest BCUT2D eigenvalue weighted by Crippen LogP contribution is 2.48. The highest BCUT2D eigenvalue weighted by Gasteiger charge is 2.42. The summed E-state index contributed by atoms with van der Waals surface area (Å²) in [6.07, 6.45) is 0.978. The van der Waals surface area contributed by atoms with E-state index in [-0.39, 0.29) is 28.4 Å². The normalized spacial score (nSPS) is 23.2. The van der Waals surface area contributed by atoms with E-state index in [1.807, 2.05) is 13.8 Å². The molecule has 1 aliphatic heterocycles. The van der Waals surface area contributed by atoms with E-state index in [2.05, 4.69) is 6.07 Å². The SMILES string of the molecule is CC1(C)CC(=O)C2=C(C1)OC(N)=C(C#N)[C@@H]2c1cccc(O)c1. The largest absolute Gasteiger partial charge is 0.508 e. The minimum atomic E-state index is -0.584. The molecule has 0 unspecified atom stereocenters. The summed E-state index contributed by atoms with van der Waals surface area (Å²) in [5.41, 5.74) is 7.08. The number of benzene rings is 1. The predicted octanol–water partition coefficient (Wildman–Crippen LogP) is 2.84. The van der Waals surface area contributed by atoms with Crippen LogP contribution in [0, 0.1) is 16.7 Å². The number of carbonyl (C=O) groups is 1. The molecule has 2 aliphatic rings. The van der Waals surface area contributed by atoms with Gasteiger partial charge in [0, 0.05) is 18.4 Å². The van der Waals surface area contributed by atoms with Crippen LogP contribution in [-0.2, 0) is 9.53 Å². The van der Waals surface area contributed by atoms with Crippen molar-refractivity contribution in [1.29, 1.82) is 5.26 Å². The van der Waals surface area contributed by atoms with Gasteiger partial charge in [-0.2, -0.15) is 5.26 Å². The quantitative estimate of drug-likeness (QED) is 0.831. The zero-order valence-corrected chi connectivity index (χ0v) is 13.1. The molecule has 23 heavy (non-hydrogen) atoms. The van der Waals surface area contributed by atoms with Gasteiger partial charge < -0.3 is 15.6 Å². The summed E-state index contributed by atoms with van der Waals surface area (Å²) in [6.45, 7) is 4.00. The average Bonchev–Trinajstić information content (AvgIpc) is 2.44. The van der Waals surface area contributed by atoms with Crippen LogP contribution in [0.15, 0.2) is 47.1 Å². The molecule has 0 saturated carbocycles. The molecule has 0 aromatic heterocycles. The van der Waals surface area contributed by atoms with Crippen molar-refractivity contribution in [1.82, 2.24) is 0 Å². The summed E-state index contributed by atoms with van der Waals surface area (Å²) in [6, 6.07) is 8.62. The Bertz CT molecular complexity index is 797. The van der Waals surface area contributed by atoms with Crippen LogP contribution in [0.4, 0.5) is 0 Å². The van der Waals surface area contributed by atoms with Crippen LogP contribution in [0.2, 0.25) is 0 Å². The Morgan fingerprint density at radius 3 is 2.78 bits per heavy atom. The molecular formula is C18H18N2O3. The zero-order valence-electron chi connectivity index (χ0n) is 13.1. The molecule has 0 fully saturated rings. The van der Waals surface area contributed by atoms with Gasteiger partial charge in [0.2, 0.25) is 5.88 Å². The topological polar surface area (TPSA) is 96.3 Å². The minimum Gasteiger partial charge on any atom is -0.508 e. The summed E-state index contributed by atoms with van der Waals surface area (Å²) in [5.74, 6) is 0.0288. The van der Waals surface area contributed by atoms with Gasteiger partial charge >= 0.3 is 0 Å². The number of nitrogens with two attached hydrogens (primary N) is 1. The number of nitrogens with zero attached hydrogens (tertiary/aromatic N) is 1. The number of carbonyl (C=O) groups excluding carboxylic acids is 1. The number of nitriles is 1. The summed E-state index contributed by atoms with van der Waals surface area (Å²) in [5, 5.41) is 19.2. The first kappa shape index (κ1) is 15.2. The van der Waals surface area contributed by atoms with Crippen molar-refractivity contribution in [2.75, 3.05) is 0 Å². The number of ketones is 1. The first-order valence-electron chi connectivity index (χ1n) is 7.45. The number of ether oxygens (including phenoxy) is 1. The van der Waals surface area contributed by atoms with Crippen molar-refractivity contribution in [3.8, 4) is 11.8 Å². The molecule has 3 rings (SSSR count). The third-order valence-corrected chi connectivity index (χ3v) is 4.28. The number of aromatic hydroxyl groups is 1. The Balaban J connectivity index is 2.19. The molecule has 0 amide bonds. The Morgan fingerprint density at radius 1 is 1.39 bits per heavy atom. The fourth-order valence-corrected chi connectivity index (χ4v) is 3.32. The summed E-state index contributed by atoms with van der Waals surface area (Å²) >= 11 is 0. The number of phenolic OH excluding ortho intramolecular Hbond substituents is 1. The molecule has 0 bridgehead atoms. The molecule has 5 heteroatoms. The van der Waals surface area contributed by atoms with E-state index < -0.39 is 5.92 Å². The van der Waals surface area contributed by atoms with Crippen molar-refractivity contribution >= 4 is 5.78 Å². The van der Waals surface area contributed by atoms with Gasteiger partial charge in [0.1, 0.15) is 23.2 Å². The summed E-state index contributed by atoms with van der Waals surface area (Å²) in [7, 11) is 0. The Labute approximate surface area is 134 Å². The van der Waals surface area contributed by atoms with E-state index in [4.69, 9.17) is 10.5 Å². The van der Waals surface area contributed by atoms with Gasteiger partial charge in [0.25, 0.3) is 0 Å². The summed E-state index contributed by atoms with van der Waals surface area (Å²) in [4.78, 5) is 12.7. The maximum absolute atomic E-state index is 12.7. The maximum atomic E-state index is 12.7. The van der Waals surface area contributed by atoms with Crippen molar-refractivity contribution < 1.29 is 14.6 Å². The standard InChI is InChI=1S/C18H18N2O3/c1-18(2)7-13(22)16-14(8-18)23-17(20)12(9-19)15(16)10-4-3-5-11(21)6-10/h3-6,15,21H,7-8,20H2,1-2H3/t15-/m0/s1. The Hall–Kier alpha value is -2.74. The van der Waals surface area contributed by atoms with Crippen LogP contribution in [0.5, 0.6) is 5.75 Å². The molecule has 0 saturated heterocycles. The fraction of sp³-hybridized carbons (Fsp3) is 0.333. The van der Waals surface area contributed by atoms with Gasteiger partial charge in [-0.15, -0.1) is 0 Å². The van der Waals surface area contributed by atoms with E-state index in [0.29, 0.717) is 29.7 Å². The smallest absolute Gasteiger partial charge is 0.205 e. The lowest BCUT2D eigenvalue weighted by Gasteiger charge is -2.37. The van der Waals surface area contributed by atoms with Crippen molar-refractivity contribution in [3.63, 3.8) is 0 Å². The van der Waals surface area contributed by atoms with Gasteiger partial charge in [0.05, 0.1) is 5.92 Å². The monoisotopic (exact) mass is 310 g/mol. The number of hydrogen-bond donors (Lipinski definition) is 2. The predicted molar refractivity (Wildman–Crippen MR) is 83.8 cm³/mol. The molecule has 3 N–H and O–H groups in total. The molecule has 5 nitrogen and oxygen atoms in total. The van der Waals surface area contributed by atoms with Crippen LogP contribution in [0.25, 0.3) is 0 Å². The zero-order chi connectivity index (χ0) is 16.8. The van der Waals surface area contributed by atoms with E-state index in [0.717, 1.165) is 0 Å². The van der Waals surface area contributed by atoms with Gasteiger partial charge in [-0.1, -0.05) is 26.0 Å². The van der Waals surface area contributed by atoms with Crippen LogP contribution in [0.1, 0.15) is 38.2 Å². The number of Topliss-reactive ketones (excluding diaryl/α,β-unsaturated/α-hetero) is 1. The van der Waals surface area contributed by atoms with Crippen LogP contribution in [-0.4, -0.2) is 10.9 Å². The molecule has 1 aliphatic carbocycles. The van der Waals surface area contributed by atoms with Crippen molar-refractivity contribution in [3.05, 3.63) is 52.6 Å². The second-order valence-corrected chi connectivity index (χ2v) is 6.80. The van der Waals surface area contributed by atoms with Crippen LogP contribution < -0.4 is 5.73 Å². The second-order valence-electron chi connectivity index (χ2n) is 6.80. The second kappa shape index (κ2) is 5.17. The Kier molecular flexibility index (Phi) is 3.41. The lowest BCUT2D eigenvalue weighted by atomic mass is 9.70. The third-order valence-electron chi connectivity index (χ3n) is 4.28. The molecule has 1 aromatic carbocycles. The molecule has 0 spiro atoms. The van der Waals surface area contributed by atoms with Crippen LogP contribution >= 0.6 is 0 Å². The van der Waals surface area contributed by atoms with E-state index in [9.17, 15) is 15.2 Å². The first-order valence-corrected chi connectivity index (χ1v) is 7.45. The maximum Gasteiger partial charge on any atom is 0.205 e. The highest BCUT2D eigenvalue weighted by atomic mass is 16.5. The molecule has 0 radical (unpaired) electrons. The minimum absolute atomic E-state index is 0.0325. The van der Waals surface area contributed by atoms with Crippen molar-refractivity contribution in [2.45, 2.75) is 32.6 Å². The van der Waals surface area contributed by atoms with Gasteiger partial charge in [-0.25, -0.2) is 0 Å². The van der Waals surface area contributed by atoms with E-state index in [1.54, 1.807) is 24.3 Å². The fourth-order valence-electron chi connectivity index (χ4n) is 3.32. The number of rotatable bonds is 1. The lowest BCUT2D eigenvalue weighted by molar-refractivity contribution is -0.119. The summed E-state index contributed by atoms with van der Waals surface area (Å²) < 4.78 is 5.61. The third kappa shape index (κ3) is 2.57.